The van der Waals surface area contributed by atoms with Crippen molar-refractivity contribution in [3.05, 3.63) is 29.3 Å². The number of β-amino-alcohol motifs (C(OH)–C–C–N with tert-alkyl or cyclic N) is 1. The maximum absolute atomic E-state index is 10.0. The van der Waals surface area contributed by atoms with Gasteiger partial charge in [0.05, 0.1) is 30.0 Å². The average Bonchev–Trinajstić information content (AvgIpc) is 2.52. The van der Waals surface area contributed by atoms with Crippen LogP contribution in [0.5, 0.6) is 0 Å². The van der Waals surface area contributed by atoms with Gasteiger partial charge in [-0.1, -0.05) is 6.07 Å². The van der Waals surface area contributed by atoms with Crippen molar-refractivity contribution in [2.24, 2.45) is 0 Å². The summed E-state index contributed by atoms with van der Waals surface area (Å²) >= 11 is 0. The lowest BCUT2D eigenvalue weighted by Gasteiger charge is -2.43. The lowest BCUT2D eigenvalue weighted by atomic mass is 9.93. The first-order chi connectivity index (χ1) is 10.9. The molecular formula is C16H23N3O4. The molecule has 0 spiro atoms. The van der Waals surface area contributed by atoms with E-state index in [1.165, 1.54) is 0 Å². The number of anilines is 1. The molecule has 2 rings (SSSR count). The van der Waals surface area contributed by atoms with Crippen molar-refractivity contribution >= 4 is 5.69 Å². The van der Waals surface area contributed by atoms with Crippen molar-refractivity contribution in [2.45, 2.75) is 30.9 Å². The molecule has 1 heterocycles. The smallest absolute Gasteiger partial charge is 0.109 e. The number of aliphatic hydroxyl groups is 4. The molecule has 7 nitrogen and oxygen atoms in total. The zero-order chi connectivity index (χ0) is 17.1. The third kappa shape index (κ3) is 3.63. The Morgan fingerprint density at radius 3 is 2.52 bits per heavy atom. The van der Waals surface area contributed by atoms with Gasteiger partial charge in [0.25, 0.3) is 0 Å². The molecule has 1 aromatic carbocycles. The van der Waals surface area contributed by atoms with Crippen LogP contribution in [0.25, 0.3) is 0 Å². The minimum Gasteiger partial charge on any atom is -0.395 e. The first kappa shape index (κ1) is 17.7. The fraction of sp³-hybridized carbons (Fsp3) is 0.562. The van der Waals surface area contributed by atoms with Crippen LogP contribution in [0.2, 0.25) is 0 Å². The first-order valence-corrected chi connectivity index (χ1v) is 7.48. The van der Waals surface area contributed by atoms with E-state index in [-0.39, 0.29) is 13.2 Å². The predicted molar refractivity (Wildman–Crippen MR) is 84.8 cm³/mol. The van der Waals surface area contributed by atoms with Crippen molar-refractivity contribution in [1.29, 1.82) is 5.26 Å². The molecule has 1 saturated heterocycles. The quantitative estimate of drug-likeness (QED) is 0.556. The molecule has 0 bridgehead atoms. The molecule has 4 atom stereocenters. The summed E-state index contributed by atoms with van der Waals surface area (Å²) in [6, 6.07) is 6.96. The molecule has 0 aromatic heterocycles. The van der Waals surface area contributed by atoms with Gasteiger partial charge < -0.3 is 25.3 Å². The largest absolute Gasteiger partial charge is 0.395 e. The Labute approximate surface area is 135 Å². The third-order valence-electron chi connectivity index (χ3n) is 4.26. The number of benzene rings is 1. The van der Waals surface area contributed by atoms with Crippen LogP contribution in [0.15, 0.2) is 18.2 Å². The van der Waals surface area contributed by atoms with E-state index in [1.807, 2.05) is 31.1 Å². The predicted octanol–water partition coefficient (Wildman–Crippen LogP) is -1.12. The van der Waals surface area contributed by atoms with Crippen LogP contribution in [0, 0.1) is 11.3 Å². The molecule has 4 unspecified atom stereocenters. The van der Waals surface area contributed by atoms with E-state index < -0.39 is 24.4 Å². The van der Waals surface area contributed by atoms with Gasteiger partial charge in [-0.05, 0) is 17.7 Å². The summed E-state index contributed by atoms with van der Waals surface area (Å²) in [6.45, 7) is 0.168. The van der Waals surface area contributed by atoms with Crippen molar-refractivity contribution in [3.63, 3.8) is 0 Å². The molecule has 7 heteroatoms. The molecule has 1 aromatic rings. The summed E-state index contributed by atoms with van der Waals surface area (Å²) in [4.78, 5) is 3.57. The van der Waals surface area contributed by atoms with Crippen molar-refractivity contribution in [1.82, 2.24) is 4.90 Å². The van der Waals surface area contributed by atoms with Gasteiger partial charge in [-0.3, -0.25) is 4.90 Å². The number of rotatable bonds is 4. The molecule has 0 saturated carbocycles. The maximum atomic E-state index is 10.0. The standard InChI is InChI=1S/C16H23N3O4/c1-18(2)12-4-3-10(5-11(12)6-17)7-19-8-14(21)16(23)15(22)13(19)9-20/h3-5,13-16,20-23H,7-9H2,1-2H3. The lowest BCUT2D eigenvalue weighted by molar-refractivity contribution is -0.147. The molecule has 0 aliphatic carbocycles. The lowest BCUT2D eigenvalue weighted by Crippen LogP contribution is -2.62. The van der Waals surface area contributed by atoms with Crippen molar-refractivity contribution in [2.75, 3.05) is 32.1 Å². The minimum atomic E-state index is -1.27. The summed E-state index contributed by atoms with van der Waals surface area (Å²) in [5, 5.41) is 48.3. The van der Waals surface area contributed by atoms with E-state index >= 15 is 0 Å². The van der Waals surface area contributed by atoms with E-state index in [0.717, 1.165) is 11.3 Å². The van der Waals surface area contributed by atoms with Crippen LogP contribution < -0.4 is 4.90 Å². The van der Waals surface area contributed by atoms with Gasteiger partial charge >= 0.3 is 0 Å². The molecule has 0 radical (unpaired) electrons. The van der Waals surface area contributed by atoms with E-state index in [4.69, 9.17) is 0 Å². The Bertz CT molecular complexity index is 587. The molecule has 4 N–H and O–H groups in total. The highest BCUT2D eigenvalue weighted by Gasteiger charge is 2.40. The Kier molecular flexibility index (Phi) is 5.57. The third-order valence-corrected chi connectivity index (χ3v) is 4.26. The van der Waals surface area contributed by atoms with E-state index in [1.54, 1.807) is 11.0 Å². The topological polar surface area (TPSA) is 111 Å². The van der Waals surface area contributed by atoms with Crippen LogP contribution >= 0.6 is 0 Å². The Morgan fingerprint density at radius 1 is 1.26 bits per heavy atom. The van der Waals surface area contributed by atoms with Gasteiger partial charge in [0.1, 0.15) is 18.3 Å². The number of hydrogen-bond donors (Lipinski definition) is 4. The monoisotopic (exact) mass is 321 g/mol. The van der Waals surface area contributed by atoms with Crippen molar-refractivity contribution < 1.29 is 20.4 Å². The number of nitrogens with zero attached hydrogens (tertiary/aromatic N) is 3. The van der Waals surface area contributed by atoms with Gasteiger partial charge in [0.15, 0.2) is 0 Å². The summed E-state index contributed by atoms with van der Waals surface area (Å²) in [5.74, 6) is 0. The zero-order valence-electron chi connectivity index (χ0n) is 13.3. The molecule has 0 amide bonds. The van der Waals surface area contributed by atoms with Crippen LogP contribution in [0.4, 0.5) is 5.69 Å². The Hall–Kier alpha value is -1.69. The van der Waals surface area contributed by atoms with E-state index in [9.17, 15) is 25.7 Å². The first-order valence-electron chi connectivity index (χ1n) is 7.48. The number of piperidine rings is 1. The number of likely N-dealkylation sites (tertiary alicyclic amines) is 1. The Balaban J connectivity index is 2.22. The summed E-state index contributed by atoms with van der Waals surface area (Å²) in [5.41, 5.74) is 2.18. The van der Waals surface area contributed by atoms with Crippen LogP contribution in [0.1, 0.15) is 11.1 Å². The van der Waals surface area contributed by atoms with Gasteiger partial charge in [0.2, 0.25) is 0 Å². The molecular weight excluding hydrogens is 298 g/mol. The van der Waals surface area contributed by atoms with Gasteiger partial charge in [-0.15, -0.1) is 0 Å². The van der Waals surface area contributed by atoms with Gasteiger partial charge in [-0.2, -0.15) is 5.26 Å². The molecule has 1 aliphatic heterocycles. The molecule has 126 valence electrons. The van der Waals surface area contributed by atoms with Crippen LogP contribution in [-0.2, 0) is 6.54 Å². The summed E-state index contributed by atoms with van der Waals surface area (Å²) in [6.07, 6.45) is -3.57. The normalized spacial score (nSPS) is 28.4. The second-order valence-corrected chi connectivity index (χ2v) is 6.09. The molecule has 1 aliphatic rings. The summed E-state index contributed by atoms with van der Waals surface area (Å²) < 4.78 is 0. The minimum absolute atomic E-state index is 0.140. The highest BCUT2D eigenvalue weighted by molar-refractivity contribution is 5.59. The maximum Gasteiger partial charge on any atom is 0.109 e. The second-order valence-electron chi connectivity index (χ2n) is 6.09. The van der Waals surface area contributed by atoms with Crippen LogP contribution in [0.3, 0.4) is 0 Å². The molecule has 23 heavy (non-hydrogen) atoms. The van der Waals surface area contributed by atoms with E-state index in [2.05, 4.69) is 6.07 Å². The fourth-order valence-corrected chi connectivity index (χ4v) is 2.96. The average molecular weight is 321 g/mol. The molecule has 1 fully saturated rings. The zero-order valence-corrected chi connectivity index (χ0v) is 13.3. The van der Waals surface area contributed by atoms with Gasteiger partial charge in [0, 0.05) is 27.2 Å². The SMILES string of the molecule is CN(C)c1ccc(CN2CC(O)C(O)C(O)C2CO)cc1C#N. The van der Waals surface area contributed by atoms with Crippen LogP contribution in [-0.4, -0.2) is 76.9 Å². The fourth-order valence-electron chi connectivity index (χ4n) is 2.96. The highest BCUT2D eigenvalue weighted by atomic mass is 16.4. The Morgan fingerprint density at radius 2 is 1.96 bits per heavy atom. The second kappa shape index (κ2) is 7.25. The number of aliphatic hydroxyl groups excluding tert-OH is 4. The van der Waals surface area contributed by atoms with Crippen molar-refractivity contribution in [3.8, 4) is 6.07 Å². The number of nitriles is 1. The summed E-state index contributed by atoms with van der Waals surface area (Å²) in [7, 11) is 3.72. The highest BCUT2D eigenvalue weighted by Crippen LogP contribution is 2.24. The van der Waals surface area contributed by atoms with E-state index in [0.29, 0.717) is 12.1 Å². The van der Waals surface area contributed by atoms with Gasteiger partial charge in [-0.25, -0.2) is 0 Å². The number of hydrogen-bond acceptors (Lipinski definition) is 7.